The first-order valence-electron chi connectivity index (χ1n) is 11.4. The Morgan fingerprint density at radius 2 is 1.25 bits per heavy atom. The predicted octanol–water partition coefficient (Wildman–Crippen LogP) is 2.43. The molecule has 0 atom stereocenters. The van der Waals surface area contributed by atoms with Crippen LogP contribution < -0.4 is 8.85 Å². The molecule has 17 heteroatoms. The molecule has 2 aliphatic rings. The highest BCUT2D eigenvalue weighted by atomic mass is 32.3. The minimum atomic E-state index is -6.65. The van der Waals surface area contributed by atoms with E-state index in [9.17, 15) is 47.6 Å². The summed E-state index contributed by atoms with van der Waals surface area (Å²) in [7, 11) is -17.9. The number of alkyl halides is 4. The summed E-state index contributed by atoms with van der Waals surface area (Å²) < 4.78 is 133. The van der Waals surface area contributed by atoms with Gasteiger partial charge in [-0.2, -0.15) is 17.6 Å². The van der Waals surface area contributed by atoms with E-state index in [1.54, 1.807) is 0 Å². The number of carbonyl (C=O) groups is 1. The van der Waals surface area contributed by atoms with Crippen LogP contribution in [0.5, 0.6) is 0 Å². The van der Waals surface area contributed by atoms with E-state index in [1.807, 2.05) is 13.8 Å². The van der Waals surface area contributed by atoms with Gasteiger partial charge in [0.05, 0.1) is 12.2 Å². The minimum Gasteiger partial charge on any atom is -0.459 e. The van der Waals surface area contributed by atoms with Gasteiger partial charge >= 0.3 is 16.5 Å². The average molecular weight is 589 g/mol. The van der Waals surface area contributed by atoms with Crippen LogP contribution in [-0.4, -0.2) is 59.6 Å². The Labute approximate surface area is 209 Å². The standard InChI is InChI=1S/C19H32F4N2O8S3/c1-17(2,14-7-5-4-6-8-14)33-16(26)13-9-11-15(12-10-13)24-35(29,30)18(20,21)19(22,23)36(31,32)25-34(3,27)28/h13-15,24-25H,4-12H2,1-3H3. The van der Waals surface area contributed by atoms with Crippen LogP contribution in [0.1, 0.15) is 71.6 Å². The second-order valence-electron chi connectivity index (χ2n) is 9.92. The van der Waals surface area contributed by atoms with Crippen molar-refractivity contribution in [2.45, 2.75) is 93.8 Å². The Hall–Kier alpha value is -1.04. The van der Waals surface area contributed by atoms with Crippen molar-refractivity contribution in [1.29, 1.82) is 0 Å². The summed E-state index contributed by atoms with van der Waals surface area (Å²) in [5.41, 5.74) is -0.713. The fourth-order valence-electron chi connectivity index (χ4n) is 4.53. The van der Waals surface area contributed by atoms with Gasteiger partial charge in [0.25, 0.3) is 20.0 Å². The lowest BCUT2D eigenvalue weighted by atomic mass is 9.78. The lowest BCUT2D eigenvalue weighted by Crippen LogP contribution is -2.60. The highest BCUT2D eigenvalue weighted by molar-refractivity contribution is 8.05. The molecule has 2 aliphatic carbocycles. The molecule has 0 bridgehead atoms. The van der Waals surface area contributed by atoms with E-state index in [0.717, 1.165) is 32.1 Å². The molecular formula is C19H32F4N2O8S3. The van der Waals surface area contributed by atoms with Crippen molar-refractivity contribution in [3.63, 3.8) is 0 Å². The summed E-state index contributed by atoms with van der Waals surface area (Å²) in [5.74, 6) is -0.965. The van der Waals surface area contributed by atoms with E-state index in [0.29, 0.717) is 4.13 Å². The summed E-state index contributed by atoms with van der Waals surface area (Å²) >= 11 is 0. The Morgan fingerprint density at radius 3 is 1.72 bits per heavy atom. The molecule has 0 radical (unpaired) electrons. The summed E-state index contributed by atoms with van der Waals surface area (Å²) in [6.45, 7) is 3.63. The Morgan fingerprint density at radius 1 is 0.778 bits per heavy atom. The van der Waals surface area contributed by atoms with Crippen LogP contribution in [0.25, 0.3) is 0 Å². The van der Waals surface area contributed by atoms with E-state index in [-0.39, 0.29) is 37.9 Å². The maximum Gasteiger partial charge on any atom is 0.438 e. The SMILES string of the molecule is CC(C)(OC(=O)C1CCC(NS(=O)(=O)C(F)(F)C(F)(F)S(=O)(=O)NS(C)(=O)=O)CC1)C1CCCCC1. The van der Waals surface area contributed by atoms with Crippen molar-refractivity contribution in [3.8, 4) is 0 Å². The maximum atomic E-state index is 14.3. The molecule has 0 amide bonds. The summed E-state index contributed by atoms with van der Waals surface area (Å²) in [4.78, 5) is 12.7. The molecule has 212 valence electrons. The molecule has 2 rings (SSSR count). The van der Waals surface area contributed by atoms with Gasteiger partial charge in [-0.25, -0.2) is 30.0 Å². The number of halogens is 4. The van der Waals surface area contributed by atoms with E-state index in [1.165, 1.54) is 4.72 Å². The number of sulfonamides is 3. The Kier molecular flexibility index (Phi) is 9.19. The van der Waals surface area contributed by atoms with Crippen molar-refractivity contribution in [3.05, 3.63) is 0 Å². The van der Waals surface area contributed by atoms with Crippen molar-refractivity contribution in [1.82, 2.24) is 8.85 Å². The fourth-order valence-corrected chi connectivity index (χ4v) is 8.65. The number of rotatable bonds is 10. The van der Waals surface area contributed by atoms with E-state index >= 15 is 0 Å². The Bertz CT molecular complexity index is 1130. The zero-order valence-electron chi connectivity index (χ0n) is 20.1. The van der Waals surface area contributed by atoms with Gasteiger partial charge in [-0.3, -0.25) is 4.79 Å². The molecule has 2 N–H and O–H groups in total. The molecule has 2 fully saturated rings. The van der Waals surface area contributed by atoms with Crippen LogP contribution in [0.2, 0.25) is 0 Å². The fraction of sp³-hybridized carbons (Fsp3) is 0.947. The van der Waals surface area contributed by atoms with Gasteiger partial charge in [0.1, 0.15) is 5.60 Å². The third kappa shape index (κ3) is 6.88. The third-order valence-electron chi connectivity index (χ3n) is 6.61. The smallest absolute Gasteiger partial charge is 0.438 e. The van der Waals surface area contributed by atoms with Gasteiger partial charge in [0.2, 0.25) is 10.0 Å². The van der Waals surface area contributed by atoms with Crippen LogP contribution in [0.4, 0.5) is 17.6 Å². The van der Waals surface area contributed by atoms with Crippen LogP contribution >= 0.6 is 0 Å². The second kappa shape index (κ2) is 10.6. The number of carbonyl (C=O) groups excluding carboxylic acids is 1. The van der Waals surface area contributed by atoms with Gasteiger partial charge in [-0.15, -0.1) is 4.13 Å². The summed E-state index contributed by atoms with van der Waals surface area (Å²) in [5, 5.41) is -12.5. The van der Waals surface area contributed by atoms with Gasteiger partial charge < -0.3 is 4.74 Å². The highest BCUT2D eigenvalue weighted by Gasteiger charge is 2.74. The molecule has 0 saturated heterocycles. The van der Waals surface area contributed by atoms with Gasteiger partial charge in [0.15, 0.2) is 0 Å². The van der Waals surface area contributed by atoms with E-state index in [2.05, 4.69) is 0 Å². The van der Waals surface area contributed by atoms with Crippen LogP contribution in [0.15, 0.2) is 0 Å². The molecule has 0 spiro atoms. The second-order valence-corrected chi connectivity index (χ2v) is 15.4. The Balaban J connectivity index is 2.03. The molecule has 0 heterocycles. The van der Waals surface area contributed by atoms with Gasteiger partial charge in [-0.1, -0.05) is 19.3 Å². The van der Waals surface area contributed by atoms with Crippen molar-refractivity contribution in [2.75, 3.05) is 6.26 Å². The normalized spacial score (nSPS) is 23.9. The first-order valence-corrected chi connectivity index (χ1v) is 16.2. The van der Waals surface area contributed by atoms with Crippen LogP contribution in [-0.2, 0) is 39.6 Å². The van der Waals surface area contributed by atoms with Crippen molar-refractivity contribution >= 4 is 36.0 Å². The number of ether oxygens (including phenoxy) is 1. The molecule has 0 aliphatic heterocycles. The van der Waals surface area contributed by atoms with E-state index in [4.69, 9.17) is 4.74 Å². The molecular weight excluding hydrogens is 556 g/mol. The lowest BCUT2D eigenvalue weighted by Gasteiger charge is -2.38. The number of esters is 1. The molecule has 10 nitrogen and oxygen atoms in total. The number of nitrogens with one attached hydrogen (secondary N) is 2. The molecule has 36 heavy (non-hydrogen) atoms. The summed E-state index contributed by atoms with van der Waals surface area (Å²) in [6.07, 6.45) is 4.87. The molecule has 0 aromatic rings. The van der Waals surface area contributed by atoms with Crippen molar-refractivity contribution < 1.29 is 52.3 Å². The summed E-state index contributed by atoms with van der Waals surface area (Å²) in [6, 6.07) is -1.28. The molecule has 0 aromatic carbocycles. The zero-order valence-corrected chi connectivity index (χ0v) is 22.5. The van der Waals surface area contributed by atoms with E-state index < -0.39 is 64.1 Å². The maximum absolute atomic E-state index is 14.3. The average Bonchev–Trinajstić information content (AvgIpc) is 2.72. The number of hydrogen-bond donors (Lipinski definition) is 2. The molecule has 2 saturated carbocycles. The quantitative estimate of drug-likeness (QED) is 0.292. The third-order valence-corrected chi connectivity index (χ3v) is 11.3. The highest BCUT2D eigenvalue weighted by Crippen LogP contribution is 2.43. The molecule has 0 aromatic heterocycles. The number of hydrogen-bond acceptors (Lipinski definition) is 8. The monoisotopic (exact) mass is 588 g/mol. The topological polar surface area (TPSA) is 153 Å². The van der Waals surface area contributed by atoms with Crippen LogP contribution in [0.3, 0.4) is 0 Å². The molecule has 0 unspecified atom stereocenters. The first kappa shape index (κ1) is 31.2. The van der Waals surface area contributed by atoms with Gasteiger partial charge in [0, 0.05) is 6.04 Å². The lowest BCUT2D eigenvalue weighted by molar-refractivity contribution is -0.169. The van der Waals surface area contributed by atoms with Gasteiger partial charge in [-0.05, 0) is 58.3 Å². The van der Waals surface area contributed by atoms with Crippen molar-refractivity contribution in [2.24, 2.45) is 11.8 Å². The zero-order chi connectivity index (χ0) is 27.8. The minimum absolute atomic E-state index is 0.0304. The predicted molar refractivity (Wildman–Crippen MR) is 121 cm³/mol. The largest absolute Gasteiger partial charge is 0.459 e. The van der Waals surface area contributed by atoms with Crippen LogP contribution in [0, 0.1) is 11.8 Å². The first-order chi connectivity index (χ1) is 16.1.